The number of benzene rings is 1. The lowest BCUT2D eigenvalue weighted by atomic mass is 10.3. The summed E-state index contributed by atoms with van der Waals surface area (Å²) in [4.78, 5) is 32.4. The van der Waals surface area contributed by atoms with E-state index >= 15 is 0 Å². The van der Waals surface area contributed by atoms with Gasteiger partial charge in [0.2, 0.25) is 5.91 Å². The van der Waals surface area contributed by atoms with E-state index in [0.717, 1.165) is 5.01 Å². The Hall–Kier alpha value is -2.41. The minimum absolute atomic E-state index is 0. The van der Waals surface area contributed by atoms with Gasteiger partial charge in [-0.25, -0.2) is 9.78 Å². The van der Waals surface area contributed by atoms with Gasteiger partial charge in [-0.3, -0.25) is 9.79 Å². The van der Waals surface area contributed by atoms with Crippen molar-refractivity contribution in [2.45, 2.75) is 33.7 Å². The topological polar surface area (TPSA) is 114 Å². The first-order valence-electron chi connectivity index (χ1n) is 9.96. The molecule has 1 aromatic heterocycles. The monoisotopic (exact) mass is 575 g/mol. The molecule has 0 spiro atoms. The van der Waals surface area contributed by atoms with Crippen LogP contribution >= 0.6 is 35.3 Å². The van der Waals surface area contributed by atoms with Crippen LogP contribution in [0.2, 0.25) is 0 Å². The zero-order valence-electron chi connectivity index (χ0n) is 18.9. The smallest absolute Gasteiger partial charge is 0.350 e. The van der Waals surface area contributed by atoms with Gasteiger partial charge in [0.25, 0.3) is 0 Å². The van der Waals surface area contributed by atoms with E-state index in [4.69, 9.17) is 9.47 Å². The molecule has 0 bridgehead atoms. The number of rotatable bonds is 9. The minimum atomic E-state index is -0.349. The van der Waals surface area contributed by atoms with Crippen LogP contribution in [0.4, 0.5) is 5.69 Å². The lowest BCUT2D eigenvalue weighted by Gasteiger charge is -2.16. The summed E-state index contributed by atoms with van der Waals surface area (Å²) < 4.78 is 10.8. The second kappa shape index (κ2) is 13.9. The van der Waals surface area contributed by atoms with Crippen molar-refractivity contribution in [3.05, 3.63) is 39.8 Å². The van der Waals surface area contributed by atoms with Crippen LogP contribution in [-0.2, 0) is 9.53 Å². The standard InChI is InChI=1S/C21H29N5O4S.HI/c1-6-29-20(28)18-13(2)24-19(31-18)14(3)25-21(22-5)23-10-11-30-17-9-7-8-16(12-17)26-15(4)27;/h7-9,12,14H,6,10-11H2,1-5H3,(H,26,27)(H2,22,23,25);1H. The highest BCUT2D eigenvalue weighted by atomic mass is 127. The molecule has 1 amide bonds. The van der Waals surface area contributed by atoms with Gasteiger partial charge in [-0.15, -0.1) is 35.3 Å². The molecule has 0 aliphatic rings. The molecule has 32 heavy (non-hydrogen) atoms. The van der Waals surface area contributed by atoms with E-state index in [1.54, 1.807) is 33.0 Å². The number of aryl methyl sites for hydroxylation is 1. The van der Waals surface area contributed by atoms with Gasteiger partial charge >= 0.3 is 5.97 Å². The molecule has 3 N–H and O–H groups in total. The molecule has 0 saturated carbocycles. The Balaban J connectivity index is 0.00000512. The molecule has 1 unspecified atom stereocenters. The van der Waals surface area contributed by atoms with Crippen LogP contribution in [0.25, 0.3) is 0 Å². The van der Waals surface area contributed by atoms with E-state index in [9.17, 15) is 9.59 Å². The predicted molar refractivity (Wildman–Crippen MR) is 137 cm³/mol. The van der Waals surface area contributed by atoms with Crippen LogP contribution in [0.1, 0.15) is 47.2 Å². The number of ether oxygens (including phenoxy) is 2. The predicted octanol–water partition coefficient (Wildman–Crippen LogP) is 3.51. The molecule has 0 saturated heterocycles. The van der Waals surface area contributed by atoms with Crippen molar-refractivity contribution in [2.24, 2.45) is 4.99 Å². The second-order valence-corrected chi connectivity index (χ2v) is 7.64. The van der Waals surface area contributed by atoms with Crippen molar-refractivity contribution in [1.82, 2.24) is 15.6 Å². The molecular formula is C21H30IN5O4S. The SMILES string of the molecule is CCOC(=O)c1sc(C(C)NC(=NC)NCCOc2cccc(NC(C)=O)c2)nc1C.I. The zero-order valence-corrected chi connectivity index (χ0v) is 22.0. The number of carbonyl (C=O) groups is 2. The number of nitrogens with zero attached hydrogens (tertiary/aromatic N) is 2. The van der Waals surface area contributed by atoms with Crippen LogP contribution in [0, 0.1) is 6.92 Å². The van der Waals surface area contributed by atoms with Crippen LogP contribution in [0.3, 0.4) is 0 Å². The number of amides is 1. The molecule has 1 aromatic carbocycles. The van der Waals surface area contributed by atoms with Crippen molar-refractivity contribution in [3.63, 3.8) is 0 Å². The number of aliphatic imine (C=N–C) groups is 1. The number of thiazole rings is 1. The first kappa shape index (κ1) is 27.6. The summed E-state index contributed by atoms with van der Waals surface area (Å²) in [7, 11) is 1.68. The number of aromatic nitrogens is 1. The first-order valence-corrected chi connectivity index (χ1v) is 10.8. The van der Waals surface area contributed by atoms with Crippen molar-refractivity contribution in [3.8, 4) is 5.75 Å². The fourth-order valence-corrected chi connectivity index (χ4v) is 3.62. The summed E-state index contributed by atoms with van der Waals surface area (Å²) in [5, 5.41) is 9.93. The number of halogens is 1. The van der Waals surface area contributed by atoms with E-state index in [0.29, 0.717) is 47.7 Å². The zero-order chi connectivity index (χ0) is 22.8. The van der Waals surface area contributed by atoms with Gasteiger partial charge in [0.15, 0.2) is 5.96 Å². The van der Waals surface area contributed by atoms with Crippen LogP contribution in [-0.4, -0.2) is 49.6 Å². The van der Waals surface area contributed by atoms with Gasteiger partial charge in [0, 0.05) is 25.7 Å². The van der Waals surface area contributed by atoms with Gasteiger partial charge in [0.1, 0.15) is 22.2 Å². The fraction of sp³-hybridized carbons (Fsp3) is 0.429. The van der Waals surface area contributed by atoms with Crippen LogP contribution < -0.4 is 20.7 Å². The lowest BCUT2D eigenvalue weighted by Crippen LogP contribution is -2.40. The average Bonchev–Trinajstić information content (AvgIpc) is 3.12. The van der Waals surface area contributed by atoms with E-state index in [1.165, 1.54) is 18.3 Å². The van der Waals surface area contributed by atoms with Crippen LogP contribution in [0.5, 0.6) is 5.75 Å². The number of carbonyl (C=O) groups excluding carboxylic acids is 2. The van der Waals surface area contributed by atoms with Gasteiger partial charge in [0.05, 0.1) is 24.9 Å². The number of hydrogen-bond acceptors (Lipinski definition) is 7. The number of hydrogen-bond donors (Lipinski definition) is 3. The van der Waals surface area contributed by atoms with E-state index in [2.05, 4.69) is 25.9 Å². The molecule has 0 aliphatic heterocycles. The summed E-state index contributed by atoms with van der Waals surface area (Å²) in [5.74, 6) is 0.772. The number of guanidine groups is 1. The van der Waals surface area contributed by atoms with Crippen molar-refractivity contribution in [1.29, 1.82) is 0 Å². The Morgan fingerprint density at radius 3 is 2.72 bits per heavy atom. The quantitative estimate of drug-likeness (QED) is 0.138. The van der Waals surface area contributed by atoms with Crippen molar-refractivity contribution < 1.29 is 19.1 Å². The molecule has 2 rings (SSSR count). The van der Waals surface area contributed by atoms with Crippen molar-refractivity contribution >= 4 is 58.8 Å². The summed E-state index contributed by atoms with van der Waals surface area (Å²) in [5.41, 5.74) is 1.34. The second-order valence-electron chi connectivity index (χ2n) is 6.61. The van der Waals surface area contributed by atoms with Crippen molar-refractivity contribution in [2.75, 3.05) is 32.1 Å². The minimum Gasteiger partial charge on any atom is -0.492 e. The Kier molecular flexibility index (Phi) is 12.0. The summed E-state index contributed by atoms with van der Waals surface area (Å²) in [6, 6.07) is 7.06. The molecule has 11 heteroatoms. The molecule has 2 aromatic rings. The number of nitrogens with one attached hydrogen (secondary N) is 3. The largest absolute Gasteiger partial charge is 0.492 e. The molecule has 0 radical (unpaired) electrons. The molecule has 1 heterocycles. The molecule has 1 atom stereocenters. The summed E-state index contributed by atoms with van der Waals surface area (Å²) in [6.45, 7) is 8.23. The summed E-state index contributed by atoms with van der Waals surface area (Å²) in [6.07, 6.45) is 0. The number of esters is 1. The Morgan fingerprint density at radius 2 is 2.06 bits per heavy atom. The van der Waals surface area contributed by atoms with E-state index in [-0.39, 0.29) is 41.9 Å². The third-order valence-corrected chi connectivity index (χ3v) is 5.36. The van der Waals surface area contributed by atoms with Gasteiger partial charge in [-0.1, -0.05) is 6.07 Å². The maximum Gasteiger partial charge on any atom is 0.350 e. The van der Waals surface area contributed by atoms with Gasteiger partial charge in [-0.05, 0) is 32.9 Å². The normalized spacial score (nSPS) is 11.7. The highest BCUT2D eigenvalue weighted by Gasteiger charge is 2.20. The average molecular weight is 575 g/mol. The van der Waals surface area contributed by atoms with Crippen LogP contribution in [0.15, 0.2) is 29.3 Å². The van der Waals surface area contributed by atoms with E-state index < -0.39 is 0 Å². The molecule has 9 nitrogen and oxygen atoms in total. The maximum atomic E-state index is 12.0. The Morgan fingerprint density at radius 1 is 1.31 bits per heavy atom. The lowest BCUT2D eigenvalue weighted by molar-refractivity contribution is -0.114. The maximum absolute atomic E-state index is 12.0. The number of anilines is 1. The highest BCUT2D eigenvalue weighted by molar-refractivity contribution is 14.0. The molecule has 0 aliphatic carbocycles. The van der Waals surface area contributed by atoms with E-state index in [1.807, 2.05) is 19.1 Å². The highest BCUT2D eigenvalue weighted by Crippen LogP contribution is 2.24. The third-order valence-electron chi connectivity index (χ3n) is 4.04. The fourth-order valence-electron chi connectivity index (χ4n) is 2.66. The van der Waals surface area contributed by atoms with Gasteiger partial charge in [-0.2, -0.15) is 0 Å². The molecule has 176 valence electrons. The Bertz CT molecular complexity index is 935. The molecular weight excluding hydrogens is 545 g/mol. The van der Waals surface area contributed by atoms with Gasteiger partial charge < -0.3 is 25.4 Å². The Labute approximate surface area is 209 Å². The first-order chi connectivity index (χ1) is 14.8. The molecule has 0 fully saturated rings. The third kappa shape index (κ3) is 8.61. The summed E-state index contributed by atoms with van der Waals surface area (Å²) >= 11 is 1.31.